The van der Waals surface area contributed by atoms with Crippen molar-refractivity contribution in [3.05, 3.63) is 95.1 Å². The molecule has 9 heteroatoms. The van der Waals surface area contributed by atoms with Crippen LogP contribution in [0.3, 0.4) is 0 Å². The van der Waals surface area contributed by atoms with Crippen LogP contribution in [0.2, 0.25) is 5.02 Å². The molecule has 170 valence electrons. The highest BCUT2D eigenvalue weighted by atomic mass is 35.5. The zero-order valence-electron chi connectivity index (χ0n) is 17.3. The fourth-order valence-electron chi connectivity index (χ4n) is 3.57. The van der Waals surface area contributed by atoms with E-state index in [1.807, 2.05) is 0 Å². The Hall–Kier alpha value is -3.10. The van der Waals surface area contributed by atoms with Gasteiger partial charge in [-0.1, -0.05) is 66.2 Å². The smallest absolute Gasteiger partial charge is 0.255 e. The summed E-state index contributed by atoms with van der Waals surface area (Å²) in [6.45, 7) is -0.0856. The van der Waals surface area contributed by atoms with Gasteiger partial charge in [-0.15, -0.1) is 0 Å². The Kier molecular flexibility index (Phi) is 6.07. The summed E-state index contributed by atoms with van der Waals surface area (Å²) in [6, 6.07) is 20.4. The van der Waals surface area contributed by atoms with E-state index < -0.39 is 21.7 Å². The van der Waals surface area contributed by atoms with E-state index in [1.165, 1.54) is 48.5 Å². The molecule has 33 heavy (non-hydrogen) atoms. The molecule has 4 nitrogen and oxygen atoms in total. The van der Waals surface area contributed by atoms with Crippen LogP contribution in [0.1, 0.15) is 11.3 Å². The Balaban J connectivity index is 1.97. The van der Waals surface area contributed by atoms with Gasteiger partial charge in [-0.05, 0) is 35.4 Å². The van der Waals surface area contributed by atoms with Crippen LogP contribution in [0.25, 0.3) is 22.4 Å². The molecule has 0 unspecified atom stereocenters. The predicted octanol–water partition coefficient (Wildman–Crippen LogP) is 6.34. The largest absolute Gasteiger partial charge is 0.433 e. The third-order valence-corrected chi connectivity index (χ3v) is 6.47. The maximum absolute atomic E-state index is 14.4. The maximum atomic E-state index is 14.4. The second-order valence-corrected chi connectivity index (χ2v) is 9.97. The predicted molar refractivity (Wildman–Crippen MR) is 122 cm³/mol. The van der Waals surface area contributed by atoms with Gasteiger partial charge >= 0.3 is 6.18 Å². The quantitative estimate of drug-likeness (QED) is 0.328. The van der Waals surface area contributed by atoms with Crippen molar-refractivity contribution < 1.29 is 21.6 Å². The second-order valence-electron chi connectivity index (χ2n) is 7.52. The second kappa shape index (κ2) is 8.68. The normalized spacial score (nSPS) is 12.2. The first kappa shape index (κ1) is 23.1. The third kappa shape index (κ3) is 4.96. The summed E-state index contributed by atoms with van der Waals surface area (Å²) < 4.78 is 67.6. The molecule has 0 N–H and O–H groups in total. The molecule has 0 radical (unpaired) electrons. The van der Waals surface area contributed by atoms with Crippen LogP contribution in [-0.2, 0) is 22.6 Å². The Morgan fingerprint density at radius 1 is 0.879 bits per heavy atom. The van der Waals surface area contributed by atoms with Crippen LogP contribution in [0.4, 0.5) is 13.2 Å². The highest BCUT2D eigenvalue weighted by Gasteiger charge is 2.40. The number of alkyl halides is 3. The van der Waals surface area contributed by atoms with E-state index in [0.717, 1.165) is 10.9 Å². The minimum absolute atomic E-state index is 0.0686. The van der Waals surface area contributed by atoms with Crippen LogP contribution in [-0.4, -0.2) is 24.5 Å². The van der Waals surface area contributed by atoms with E-state index in [4.69, 9.17) is 11.6 Å². The van der Waals surface area contributed by atoms with Gasteiger partial charge in [0.1, 0.15) is 5.69 Å². The summed E-state index contributed by atoms with van der Waals surface area (Å²) in [5, 5.41) is 4.74. The Morgan fingerprint density at radius 3 is 2.00 bits per heavy atom. The summed E-state index contributed by atoms with van der Waals surface area (Å²) >= 11 is 5.96. The van der Waals surface area contributed by atoms with Gasteiger partial charge in [0, 0.05) is 22.4 Å². The molecule has 0 fully saturated rings. The molecule has 3 aromatic carbocycles. The molecule has 0 saturated carbocycles. The van der Waals surface area contributed by atoms with E-state index >= 15 is 0 Å². The lowest BCUT2D eigenvalue weighted by molar-refractivity contribution is -0.143. The van der Waals surface area contributed by atoms with E-state index in [0.29, 0.717) is 21.7 Å². The van der Waals surface area contributed by atoms with Crippen molar-refractivity contribution in [2.24, 2.45) is 0 Å². The summed E-state index contributed by atoms with van der Waals surface area (Å²) in [5.74, 6) is 0. The molecule has 0 aliphatic heterocycles. The Morgan fingerprint density at radius 2 is 1.45 bits per heavy atom. The molecule has 0 atom stereocenters. The molecule has 0 spiro atoms. The van der Waals surface area contributed by atoms with Crippen molar-refractivity contribution in [1.29, 1.82) is 0 Å². The molecule has 0 saturated heterocycles. The molecular formula is C24H18ClF3N2O2S. The number of halogens is 4. The fourth-order valence-corrected chi connectivity index (χ4v) is 4.33. The van der Waals surface area contributed by atoms with E-state index in [9.17, 15) is 21.6 Å². The summed E-state index contributed by atoms with van der Waals surface area (Å²) in [7, 11) is -3.46. The first-order valence-electron chi connectivity index (χ1n) is 9.82. The monoisotopic (exact) mass is 490 g/mol. The van der Waals surface area contributed by atoms with Crippen molar-refractivity contribution in [3.8, 4) is 22.4 Å². The molecule has 1 heterocycles. The number of benzene rings is 3. The topological polar surface area (TPSA) is 52.0 Å². The first-order valence-corrected chi connectivity index (χ1v) is 12.1. The van der Waals surface area contributed by atoms with Crippen LogP contribution in [0, 0.1) is 0 Å². The number of hydrogen-bond acceptors (Lipinski definition) is 3. The van der Waals surface area contributed by atoms with Gasteiger partial charge in [0.25, 0.3) is 0 Å². The minimum Gasteiger partial charge on any atom is -0.255 e. The third-order valence-electron chi connectivity index (χ3n) is 5.08. The lowest BCUT2D eigenvalue weighted by atomic mass is 9.98. The maximum Gasteiger partial charge on any atom is 0.433 e. The molecular weight excluding hydrogens is 473 g/mol. The van der Waals surface area contributed by atoms with Crippen LogP contribution >= 0.6 is 11.6 Å². The molecule has 0 amide bonds. The Bertz CT molecular complexity index is 1380. The fraction of sp³-hybridized carbons (Fsp3) is 0.125. The van der Waals surface area contributed by atoms with Gasteiger partial charge < -0.3 is 0 Å². The van der Waals surface area contributed by atoms with Crippen LogP contribution < -0.4 is 0 Å². The first-order chi connectivity index (χ1) is 15.5. The standard InChI is InChI=1S/C24H18ClF3N2O2S/c1-33(31,32)20-13-9-18(10-14-20)22-21(17-7-11-19(25)12-8-17)23(24(26,27)28)30(29-22)15-16-5-3-2-4-6-16/h2-14H,15H2,1H3. The van der Waals surface area contributed by atoms with Crippen molar-refractivity contribution >= 4 is 21.4 Å². The van der Waals surface area contributed by atoms with Gasteiger partial charge in [0.05, 0.1) is 11.4 Å². The average molecular weight is 491 g/mol. The van der Waals surface area contributed by atoms with Gasteiger partial charge in [0.2, 0.25) is 0 Å². The van der Waals surface area contributed by atoms with Gasteiger partial charge in [-0.2, -0.15) is 18.3 Å². The number of sulfone groups is 1. The number of nitrogens with zero attached hydrogens (tertiary/aromatic N) is 2. The number of aromatic nitrogens is 2. The highest BCUT2D eigenvalue weighted by Crippen LogP contribution is 2.43. The summed E-state index contributed by atoms with van der Waals surface area (Å²) in [6.07, 6.45) is -3.63. The molecule has 1 aromatic heterocycles. The number of rotatable bonds is 5. The highest BCUT2D eigenvalue weighted by molar-refractivity contribution is 7.90. The SMILES string of the molecule is CS(=O)(=O)c1ccc(-c2nn(Cc3ccccc3)c(C(F)(F)F)c2-c2ccc(Cl)cc2)cc1. The minimum atomic E-state index is -4.69. The van der Waals surface area contributed by atoms with E-state index in [1.54, 1.807) is 30.3 Å². The molecule has 0 aliphatic rings. The molecule has 0 bridgehead atoms. The van der Waals surface area contributed by atoms with Gasteiger partial charge in [-0.25, -0.2) is 8.42 Å². The Labute approximate surface area is 194 Å². The van der Waals surface area contributed by atoms with Crippen molar-refractivity contribution in [1.82, 2.24) is 9.78 Å². The lowest BCUT2D eigenvalue weighted by Crippen LogP contribution is -2.16. The van der Waals surface area contributed by atoms with E-state index in [-0.39, 0.29) is 22.7 Å². The van der Waals surface area contributed by atoms with Crippen molar-refractivity contribution in [2.45, 2.75) is 17.6 Å². The van der Waals surface area contributed by atoms with Crippen LogP contribution in [0.5, 0.6) is 0 Å². The zero-order valence-corrected chi connectivity index (χ0v) is 18.9. The zero-order chi connectivity index (χ0) is 23.8. The van der Waals surface area contributed by atoms with Gasteiger partial charge in [0.15, 0.2) is 15.5 Å². The molecule has 4 rings (SSSR count). The van der Waals surface area contributed by atoms with E-state index in [2.05, 4.69) is 5.10 Å². The number of hydrogen-bond donors (Lipinski definition) is 0. The van der Waals surface area contributed by atoms with Crippen molar-refractivity contribution in [3.63, 3.8) is 0 Å². The molecule has 4 aromatic rings. The lowest BCUT2D eigenvalue weighted by Gasteiger charge is -2.13. The molecule has 0 aliphatic carbocycles. The average Bonchev–Trinajstić information content (AvgIpc) is 3.14. The van der Waals surface area contributed by atoms with Crippen LogP contribution in [0.15, 0.2) is 83.8 Å². The van der Waals surface area contributed by atoms with Gasteiger partial charge in [-0.3, -0.25) is 4.68 Å². The summed E-state index contributed by atoms with van der Waals surface area (Å²) in [5.41, 5.74) is 0.434. The summed E-state index contributed by atoms with van der Waals surface area (Å²) in [4.78, 5) is 0.0686. The van der Waals surface area contributed by atoms with Crippen molar-refractivity contribution in [2.75, 3.05) is 6.26 Å².